The van der Waals surface area contributed by atoms with Gasteiger partial charge in [0.05, 0.1) is 13.7 Å². The Balaban J connectivity index is 0.00000338. The predicted molar refractivity (Wildman–Crippen MR) is 104 cm³/mol. The van der Waals surface area contributed by atoms with E-state index in [1.54, 1.807) is 32.4 Å². The number of methoxy groups -OCH3 is 2. The third-order valence-corrected chi connectivity index (χ3v) is 3.70. The molecule has 0 saturated carbocycles. The fraction of sp³-hybridized carbons (Fsp3) is 0.316. The molecule has 0 aromatic heterocycles. The average molecular weight is 381 g/mol. The first kappa shape index (κ1) is 21.8. The molecule has 2 aromatic rings. The highest BCUT2D eigenvalue weighted by Gasteiger charge is 2.16. The molecule has 0 aliphatic rings. The molecule has 0 saturated heterocycles. The number of rotatable bonds is 8. The fourth-order valence-corrected chi connectivity index (χ4v) is 2.25. The van der Waals surface area contributed by atoms with Crippen LogP contribution < -0.4 is 20.5 Å². The van der Waals surface area contributed by atoms with Crippen LogP contribution in [0.2, 0.25) is 0 Å². The van der Waals surface area contributed by atoms with Crippen LogP contribution in [0.15, 0.2) is 42.5 Å². The van der Waals surface area contributed by atoms with E-state index in [2.05, 4.69) is 5.32 Å². The molecule has 2 rings (SSSR count). The molecular weight excluding hydrogens is 356 g/mol. The molecule has 0 spiro atoms. The highest BCUT2D eigenvalue weighted by Crippen LogP contribution is 2.30. The van der Waals surface area contributed by atoms with Gasteiger partial charge in [-0.25, -0.2) is 0 Å². The van der Waals surface area contributed by atoms with Crippen molar-refractivity contribution < 1.29 is 19.0 Å². The first-order valence-corrected chi connectivity index (χ1v) is 7.98. The topological polar surface area (TPSA) is 82.8 Å². The minimum Gasteiger partial charge on any atom is -0.493 e. The Hall–Kier alpha value is -2.28. The Bertz CT molecular complexity index is 707. The van der Waals surface area contributed by atoms with E-state index in [0.29, 0.717) is 30.4 Å². The summed E-state index contributed by atoms with van der Waals surface area (Å²) in [7, 11) is 3.16. The SMILES string of the molecule is COCCOc1cc(NC(=O)C(N)c2ccc(C)cc2)ccc1OC.Cl. The smallest absolute Gasteiger partial charge is 0.245 e. The van der Waals surface area contributed by atoms with Crippen molar-refractivity contribution in [2.24, 2.45) is 5.73 Å². The third kappa shape index (κ3) is 5.91. The van der Waals surface area contributed by atoms with Crippen LogP contribution in [0.5, 0.6) is 11.5 Å². The Labute approximate surface area is 160 Å². The van der Waals surface area contributed by atoms with Crippen molar-refractivity contribution in [1.29, 1.82) is 0 Å². The molecular formula is C19H25ClN2O4. The van der Waals surface area contributed by atoms with Gasteiger partial charge in [-0.3, -0.25) is 4.79 Å². The molecule has 1 amide bonds. The van der Waals surface area contributed by atoms with Gasteiger partial charge in [-0.05, 0) is 24.6 Å². The van der Waals surface area contributed by atoms with Gasteiger partial charge < -0.3 is 25.3 Å². The molecule has 6 nitrogen and oxygen atoms in total. The molecule has 1 atom stereocenters. The van der Waals surface area contributed by atoms with E-state index in [1.807, 2.05) is 31.2 Å². The normalized spacial score (nSPS) is 11.2. The molecule has 0 bridgehead atoms. The van der Waals surface area contributed by atoms with Crippen molar-refractivity contribution in [3.8, 4) is 11.5 Å². The van der Waals surface area contributed by atoms with Crippen molar-refractivity contribution in [2.45, 2.75) is 13.0 Å². The highest BCUT2D eigenvalue weighted by atomic mass is 35.5. The summed E-state index contributed by atoms with van der Waals surface area (Å²) in [5, 5.41) is 2.81. The van der Waals surface area contributed by atoms with Crippen LogP contribution in [0.1, 0.15) is 17.2 Å². The standard InChI is InChI=1S/C19H24N2O4.ClH/c1-13-4-6-14(7-5-13)18(20)19(22)21-15-8-9-16(24-3)17(12-15)25-11-10-23-2;/h4-9,12,18H,10-11,20H2,1-3H3,(H,21,22);1H. The Kier molecular flexibility index (Phi) is 8.92. The predicted octanol–water partition coefficient (Wildman–Crippen LogP) is 3.09. The van der Waals surface area contributed by atoms with Crippen LogP contribution in [0.3, 0.4) is 0 Å². The van der Waals surface area contributed by atoms with E-state index in [1.165, 1.54) is 0 Å². The minimum absolute atomic E-state index is 0. The van der Waals surface area contributed by atoms with Crippen LogP contribution in [0.4, 0.5) is 5.69 Å². The lowest BCUT2D eigenvalue weighted by molar-refractivity contribution is -0.117. The number of nitrogens with one attached hydrogen (secondary N) is 1. The Morgan fingerprint density at radius 1 is 1.08 bits per heavy atom. The molecule has 142 valence electrons. The number of hydrogen-bond acceptors (Lipinski definition) is 5. The van der Waals surface area contributed by atoms with Gasteiger partial charge in [0.25, 0.3) is 0 Å². The second kappa shape index (κ2) is 10.7. The number of aryl methyl sites for hydroxylation is 1. The zero-order valence-electron chi connectivity index (χ0n) is 15.2. The maximum absolute atomic E-state index is 12.4. The average Bonchev–Trinajstić information content (AvgIpc) is 2.62. The summed E-state index contributed by atoms with van der Waals surface area (Å²) in [6, 6.07) is 12.0. The number of halogens is 1. The van der Waals surface area contributed by atoms with Crippen LogP contribution >= 0.6 is 12.4 Å². The molecule has 0 radical (unpaired) electrons. The van der Waals surface area contributed by atoms with Gasteiger partial charge in [-0.1, -0.05) is 29.8 Å². The summed E-state index contributed by atoms with van der Waals surface area (Å²) < 4.78 is 15.8. The summed E-state index contributed by atoms with van der Waals surface area (Å²) >= 11 is 0. The largest absolute Gasteiger partial charge is 0.493 e. The summed E-state index contributed by atoms with van der Waals surface area (Å²) in [6.07, 6.45) is 0. The molecule has 0 heterocycles. The molecule has 0 fully saturated rings. The van der Waals surface area contributed by atoms with Gasteiger partial charge in [-0.15, -0.1) is 12.4 Å². The number of amides is 1. The summed E-state index contributed by atoms with van der Waals surface area (Å²) in [4.78, 5) is 12.4. The third-order valence-electron chi connectivity index (χ3n) is 3.70. The van der Waals surface area contributed by atoms with Crippen molar-refractivity contribution >= 4 is 24.0 Å². The molecule has 0 aliphatic heterocycles. The van der Waals surface area contributed by atoms with E-state index < -0.39 is 6.04 Å². The summed E-state index contributed by atoms with van der Waals surface area (Å²) in [5.41, 5.74) is 8.50. The van der Waals surface area contributed by atoms with Gasteiger partial charge in [0.15, 0.2) is 11.5 Å². The van der Waals surface area contributed by atoms with Crippen LogP contribution in [-0.4, -0.2) is 33.3 Å². The number of carbonyl (C=O) groups is 1. The number of benzene rings is 2. The second-order valence-electron chi connectivity index (χ2n) is 5.58. The van der Waals surface area contributed by atoms with Crippen LogP contribution in [-0.2, 0) is 9.53 Å². The molecule has 26 heavy (non-hydrogen) atoms. The number of carbonyl (C=O) groups excluding carboxylic acids is 1. The maximum atomic E-state index is 12.4. The van der Waals surface area contributed by atoms with E-state index >= 15 is 0 Å². The summed E-state index contributed by atoms with van der Waals surface area (Å²) in [5.74, 6) is 0.815. The van der Waals surface area contributed by atoms with Crippen molar-refractivity contribution in [1.82, 2.24) is 0 Å². The first-order valence-electron chi connectivity index (χ1n) is 7.98. The highest BCUT2D eigenvalue weighted by molar-refractivity contribution is 5.95. The van der Waals surface area contributed by atoms with Crippen molar-refractivity contribution in [3.63, 3.8) is 0 Å². The van der Waals surface area contributed by atoms with Gasteiger partial charge in [0, 0.05) is 18.9 Å². The lowest BCUT2D eigenvalue weighted by Crippen LogP contribution is -2.27. The molecule has 7 heteroatoms. The van der Waals surface area contributed by atoms with E-state index in [9.17, 15) is 4.79 Å². The van der Waals surface area contributed by atoms with E-state index in [-0.39, 0.29) is 18.3 Å². The molecule has 2 aromatic carbocycles. The van der Waals surface area contributed by atoms with Crippen LogP contribution in [0.25, 0.3) is 0 Å². The maximum Gasteiger partial charge on any atom is 0.245 e. The zero-order chi connectivity index (χ0) is 18.2. The number of anilines is 1. The van der Waals surface area contributed by atoms with Crippen molar-refractivity contribution in [3.05, 3.63) is 53.6 Å². The van der Waals surface area contributed by atoms with E-state index in [0.717, 1.165) is 11.1 Å². The van der Waals surface area contributed by atoms with Gasteiger partial charge in [-0.2, -0.15) is 0 Å². The Morgan fingerprint density at radius 3 is 2.38 bits per heavy atom. The second-order valence-corrected chi connectivity index (χ2v) is 5.58. The number of hydrogen-bond donors (Lipinski definition) is 2. The zero-order valence-corrected chi connectivity index (χ0v) is 16.0. The summed E-state index contributed by atoms with van der Waals surface area (Å²) in [6.45, 7) is 2.82. The van der Waals surface area contributed by atoms with Crippen LogP contribution in [0, 0.1) is 6.92 Å². The number of ether oxygens (including phenoxy) is 3. The molecule has 0 aliphatic carbocycles. The lowest BCUT2D eigenvalue weighted by atomic mass is 10.1. The first-order chi connectivity index (χ1) is 12.0. The van der Waals surface area contributed by atoms with Gasteiger partial charge >= 0.3 is 0 Å². The quantitative estimate of drug-likeness (QED) is 0.687. The fourth-order valence-electron chi connectivity index (χ4n) is 2.25. The molecule has 1 unspecified atom stereocenters. The van der Waals surface area contributed by atoms with E-state index in [4.69, 9.17) is 19.9 Å². The molecule has 3 N–H and O–H groups in total. The van der Waals surface area contributed by atoms with Gasteiger partial charge in [0.2, 0.25) is 5.91 Å². The van der Waals surface area contributed by atoms with Gasteiger partial charge in [0.1, 0.15) is 12.6 Å². The lowest BCUT2D eigenvalue weighted by Gasteiger charge is -2.15. The Morgan fingerprint density at radius 2 is 1.77 bits per heavy atom. The minimum atomic E-state index is -0.749. The van der Waals surface area contributed by atoms with Crippen molar-refractivity contribution in [2.75, 3.05) is 32.8 Å². The monoisotopic (exact) mass is 380 g/mol. The number of nitrogens with two attached hydrogens (primary N) is 1.